The number of carbonyl (C=O) groups excluding carboxylic acids is 1. The van der Waals surface area contributed by atoms with Gasteiger partial charge in [-0.3, -0.25) is 4.79 Å². The minimum atomic E-state index is 0.219. The van der Waals surface area contributed by atoms with E-state index in [0.717, 1.165) is 26.2 Å². The Morgan fingerprint density at radius 1 is 1.59 bits per heavy atom. The lowest BCUT2D eigenvalue weighted by Crippen LogP contribution is -2.42. The number of thioether (sulfide) groups is 1. The molecule has 0 saturated carbocycles. The van der Waals surface area contributed by atoms with E-state index >= 15 is 0 Å². The van der Waals surface area contributed by atoms with Crippen molar-refractivity contribution in [3.63, 3.8) is 0 Å². The van der Waals surface area contributed by atoms with Crippen LogP contribution in [0.5, 0.6) is 0 Å². The molecule has 1 rings (SSSR count). The van der Waals surface area contributed by atoms with Gasteiger partial charge >= 0.3 is 0 Å². The van der Waals surface area contributed by atoms with E-state index in [1.165, 1.54) is 12.8 Å². The zero-order valence-corrected chi connectivity index (χ0v) is 11.7. The van der Waals surface area contributed by atoms with Gasteiger partial charge < -0.3 is 14.9 Å². The normalized spacial score (nSPS) is 21.5. The molecule has 1 N–H and O–H groups in total. The molecule has 0 radical (unpaired) electrons. The first-order chi connectivity index (χ1) is 8.17. The van der Waals surface area contributed by atoms with Gasteiger partial charge in [0.15, 0.2) is 0 Å². The molecule has 0 spiro atoms. The molecule has 1 saturated heterocycles. The van der Waals surface area contributed by atoms with Crippen molar-refractivity contribution in [1.29, 1.82) is 0 Å². The van der Waals surface area contributed by atoms with Crippen molar-refractivity contribution in [2.45, 2.75) is 12.8 Å². The van der Waals surface area contributed by atoms with E-state index in [-0.39, 0.29) is 12.5 Å². The summed E-state index contributed by atoms with van der Waals surface area (Å²) in [6, 6.07) is 0. The van der Waals surface area contributed by atoms with Gasteiger partial charge in [0.05, 0.1) is 12.4 Å². The maximum Gasteiger partial charge on any atom is 0.232 e. The van der Waals surface area contributed by atoms with E-state index < -0.39 is 0 Å². The molecule has 1 fully saturated rings. The first kappa shape index (κ1) is 14.8. The van der Waals surface area contributed by atoms with Gasteiger partial charge in [-0.1, -0.05) is 0 Å². The van der Waals surface area contributed by atoms with E-state index in [0.29, 0.717) is 11.7 Å². The molecule has 17 heavy (non-hydrogen) atoms. The second kappa shape index (κ2) is 7.95. The highest BCUT2D eigenvalue weighted by Gasteiger charge is 2.22. The van der Waals surface area contributed by atoms with Gasteiger partial charge in [0.2, 0.25) is 5.91 Å². The molecule has 100 valence electrons. The first-order valence-corrected chi connectivity index (χ1v) is 7.63. The topological polar surface area (TPSA) is 43.8 Å². The third-order valence-electron chi connectivity index (χ3n) is 3.24. The highest BCUT2D eigenvalue weighted by atomic mass is 32.2. The molecule has 0 aromatic carbocycles. The fraction of sp³-hybridized carbons (Fsp3) is 0.917. The first-order valence-electron chi connectivity index (χ1n) is 6.23. The van der Waals surface area contributed by atoms with Crippen LogP contribution in [0.15, 0.2) is 0 Å². The second-order valence-corrected chi connectivity index (χ2v) is 5.61. The Morgan fingerprint density at radius 3 is 3.00 bits per heavy atom. The predicted octanol–water partition coefficient (Wildman–Crippen LogP) is 0.512. The number of nitrogens with zero attached hydrogens (tertiary/aromatic N) is 2. The largest absolute Gasteiger partial charge is 0.395 e. The zero-order valence-electron chi connectivity index (χ0n) is 10.9. The standard InChI is InChI=1S/C12H24N2O2S/c1-13(12(16)10-17-2)8-11-4-3-5-14(9-11)6-7-15/h11,15H,3-10H2,1-2H3. The number of rotatable bonds is 6. The average molecular weight is 260 g/mol. The molecule has 0 bridgehead atoms. The number of hydrogen-bond acceptors (Lipinski definition) is 4. The van der Waals surface area contributed by atoms with Gasteiger partial charge in [0.1, 0.15) is 0 Å². The van der Waals surface area contributed by atoms with Gasteiger partial charge in [0.25, 0.3) is 0 Å². The predicted molar refractivity (Wildman–Crippen MR) is 72.3 cm³/mol. The fourth-order valence-electron chi connectivity index (χ4n) is 2.37. The molecule has 5 heteroatoms. The molecule has 1 unspecified atom stereocenters. The lowest BCUT2D eigenvalue weighted by atomic mass is 9.97. The van der Waals surface area contributed by atoms with E-state index in [1.54, 1.807) is 11.8 Å². The summed E-state index contributed by atoms with van der Waals surface area (Å²) in [5.41, 5.74) is 0. The summed E-state index contributed by atoms with van der Waals surface area (Å²) in [7, 11) is 1.89. The number of hydrogen-bond donors (Lipinski definition) is 1. The summed E-state index contributed by atoms with van der Waals surface area (Å²) in [6.07, 6.45) is 4.32. The molecule has 1 aliphatic rings. The van der Waals surface area contributed by atoms with Crippen molar-refractivity contribution in [3.8, 4) is 0 Å². The lowest BCUT2D eigenvalue weighted by molar-refractivity contribution is -0.127. The summed E-state index contributed by atoms with van der Waals surface area (Å²) in [4.78, 5) is 15.8. The third kappa shape index (κ3) is 5.27. The Labute approximate surface area is 108 Å². The number of carbonyl (C=O) groups is 1. The molecule has 1 heterocycles. The SMILES string of the molecule is CSCC(=O)N(C)CC1CCCN(CCO)C1. The van der Waals surface area contributed by atoms with E-state index in [9.17, 15) is 4.79 Å². The smallest absolute Gasteiger partial charge is 0.232 e. The van der Waals surface area contributed by atoms with Crippen LogP contribution in [0.3, 0.4) is 0 Å². The Morgan fingerprint density at radius 2 is 2.35 bits per heavy atom. The average Bonchev–Trinajstić information content (AvgIpc) is 2.30. The molecule has 1 atom stereocenters. The number of aliphatic hydroxyl groups is 1. The van der Waals surface area contributed by atoms with Crippen LogP contribution in [-0.4, -0.2) is 72.7 Å². The Balaban J connectivity index is 2.32. The minimum absolute atomic E-state index is 0.219. The van der Waals surface area contributed by atoms with Crippen LogP contribution in [-0.2, 0) is 4.79 Å². The molecular formula is C12H24N2O2S. The number of β-amino-alcohol motifs (C(OH)–C–C–N with tert-alkyl or cyclic N) is 1. The second-order valence-electron chi connectivity index (χ2n) is 4.74. The maximum atomic E-state index is 11.7. The summed E-state index contributed by atoms with van der Waals surface area (Å²) in [5, 5.41) is 8.94. The summed E-state index contributed by atoms with van der Waals surface area (Å²) >= 11 is 1.57. The minimum Gasteiger partial charge on any atom is -0.395 e. The van der Waals surface area contributed by atoms with Crippen LogP contribution in [0.2, 0.25) is 0 Å². The van der Waals surface area contributed by atoms with Gasteiger partial charge in [-0.25, -0.2) is 0 Å². The van der Waals surface area contributed by atoms with Gasteiger partial charge in [-0.2, -0.15) is 11.8 Å². The summed E-state index contributed by atoms with van der Waals surface area (Å²) in [5.74, 6) is 1.35. The van der Waals surface area contributed by atoms with E-state index in [4.69, 9.17) is 5.11 Å². The van der Waals surface area contributed by atoms with Crippen LogP contribution in [0.4, 0.5) is 0 Å². The molecular weight excluding hydrogens is 236 g/mol. The Hall–Kier alpha value is -0.260. The third-order valence-corrected chi connectivity index (χ3v) is 3.78. The number of aliphatic hydroxyl groups excluding tert-OH is 1. The molecule has 0 aliphatic carbocycles. The van der Waals surface area contributed by atoms with Crippen molar-refractivity contribution in [2.75, 3.05) is 51.8 Å². The number of amides is 1. The molecule has 0 aromatic rings. The molecule has 1 amide bonds. The van der Waals surface area contributed by atoms with E-state index in [2.05, 4.69) is 4.90 Å². The van der Waals surface area contributed by atoms with Crippen LogP contribution >= 0.6 is 11.8 Å². The summed E-state index contributed by atoms with van der Waals surface area (Å²) < 4.78 is 0. The van der Waals surface area contributed by atoms with Crippen LogP contribution < -0.4 is 0 Å². The van der Waals surface area contributed by atoms with Gasteiger partial charge in [-0.05, 0) is 31.6 Å². The van der Waals surface area contributed by atoms with Crippen LogP contribution in [0.25, 0.3) is 0 Å². The maximum absolute atomic E-state index is 11.7. The lowest BCUT2D eigenvalue weighted by Gasteiger charge is -2.34. The van der Waals surface area contributed by atoms with E-state index in [1.807, 2.05) is 18.2 Å². The Bertz CT molecular complexity index is 237. The van der Waals surface area contributed by atoms with Crippen molar-refractivity contribution < 1.29 is 9.90 Å². The van der Waals surface area contributed by atoms with Crippen LogP contribution in [0.1, 0.15) is 12.8 Å². The monoisotopic (exact) mass is 260 g/mol. The van der Waals surface area contributed by atoms with Gasteiger partial charge in [0, 0.05) is 26.7 Å². The molecule has 0 aromatic heterocycles. The molecule has 1 aliphatic heterocycles. The van der Waals surface area contributed by atoms with Crippen molar-refractivity contribution in [1.82, 2.24) is 9.80 Å². The number of piperidine rings is 1. The number of likely N-dealkylation sites (tertiary alicyclic amines) is 1. The van der Waals surface area contributed by atoms with Crippen LogP contribution in [0, 0.1) is 5.92 Å². The van der Waals surface area contributed by atoms with Crippen molar-refractivity contribution in [3.05, 3.63) is 0 Å². The van der Waals surface area contributed by atoms with Gasteiger partial charge in [-0.15, -0.1) is 0 Å². The fourth-order valence-corrected chi connectivity index (χ4v) is 2.83. The van der Waals surface area contributed by atoms with Crippen molar-refractivity contribution in [2.24, 2.45) is 5.92 Å². The quantitative estimate of drug-likeness (QED) is 0.756. The van der Waals surface area contributed by atoms with Crippen molar-refractivity contribution >= 4 is 17.7 Å². The Kier molecular flexibility index (Phi) is 6.92. The highest BCUT2D eigenvalue weighted by molar-refractivity contribution is 7.99. The summed E-state index contributed by atoms with van der Waals surface area (Å²) in [6.45, 7) is 3.94. The zero-order chi connectivity index (χ0) is 12.7. The highest BCUT2D eigenvalue weighted by Crippen LogP contribution is 2.17. The molecule has 4 nitrogen and oxygen atoms in total.